The monoisotopic (exact) mass is 532 g/mol. The van der Waals surface area contributed by atoms with E-state index in [4.69, 9.17) is 9.47 Å². The second kappa shape index (κ2) is 7.12. The van der Waals surface area contributed by atoms with Crippen LogP contribution in [-0.4, -0.2) is 47.2 Å². The van der Waals surface area contributed by atoms with E-state index in [0.717, 1.165) is 12.8 Å². The molecule has 11 heteroatoms. The lowest BCUT2D eigenvalue weighted by atomic mass is 9.63. The van der Waals surface area contributed by atoms with Gasteiger partial charge in [-0.1, -0.05) is 23.8 Å². The van der Waals surface area contributed by atoms with Crippen LogP contribution in [0, 0.1) is 52.8 Å². The molecule has 5 nitrogen and oxygen atoms in total. The number of aliphatic hydroxyl groups is 1. The van der Waals surface area contributed by atoms with Gasteiger partial charge in [0.15, 0.2) is 0 Å². The first-order valence-electron chi connectivity index (χ1n) is 12.9. The summed E-state index contributed by atoms with van der Waals surface area (Å²) in [7, 11) is 0. The Labute approximate surface area is 208 Å². The number of halogens is 6. The first-order chi connectivity index (χ1) is 17.3. The van der Waals surface area contributed by atoms with Crippen LogP contribution in [-0.2, 0) is 19.1 Å². The van der Waals surface area contributed by atoms with Crippen molar-refractivity contribution < 1.29 is 50.5 Å². The third-order valence-corrected chi connectivity index (χ3v) is 10.8. The molecule has 37 heavy (non-hydrogen) atoms. The van der Waals surface area contributed by atoms with E-state index in [1.54, 1.807) is 0 Å². The molecule has 7 rings (SSSR count). The summed E-state index contributed by atoms with van der Waals surface area (Å²) in [6.07, 6.45) is -5.34. The van der Waals surface area contributed by atoms with Gasteiger partial charge in [0.25, 0.3) is 5.60 Å². The highest BCUT2D eigenvalue weighted by Gasteiger charge is 2.78. The summed E-state index contributed by atoms with van der Waals surface area (Å²) in [6.45, 7) is 0. The van der Waals surface area contributed by atoms with E-state index >= 15 is 0 Å². The second-order valence-corrected chi connectivity index (χ2v) is 12.3. The number of fused-ring (bicyclic) bond motifs is 5. The van der Waals surface area contributed by atoms with Crippen LogP contribution in [0.1, 0.15) is 38.5 Å². The van der Waals surface area contributed by atoms with Gasteiger partial charge in [-0.2, -0.15) is 26.3 Å². The van der Waals surface area contributed by atoms with Crippen molar-refractivity contribution in [3.63, 3.8) is 0 Å². The topological polar surface area (TPSA) is 72.8 Å². The molecule has 0 aromatic heterocycles. The van der Waals surface area contributed by atoms with Gasteiger partial charge in [-0.3, -0.25) is 9.59 Å². The Balaban J connectivity index is 1.12. The van der Waals surface area contributed by atoms with Crippen LogP contribution in [0.4, 0.5) is 26.3 Å². The van der Waals surface area contributed by atoms with Crippen molar-refractivity contribution in [1.82, 2.24) is 0 Å². The number of rotatable bonds is 4. The van der Waals surface area contributed by atoms with Crippen LogP contribution in [0.3, 0.4) is 0 Å². The number of carbonyl (C=O) groups is 2. The normalized spacial score (nSPS) is 47.2. The molecule has 11 atom stereocenters. The minimum absolute atomic E-state index is 0.0295. The van der Waals surface area contributed by atoms with Crippen LogP contribution in [0.5, 0.6) is 0 Å². The molecule has 0 aromatic carbocycles. The maximum atomic E-state index is 13.5. The zero-order valence-corrected chi connectivity index (χ0v) is 19.6. The van der Waals surface area contributed by atoms with Crippen LogP contribution < -0.4 is 0 Å². The number of hydrogen-bond acceptors (Lipinski definition) is 5. The first-order valence-corrected chi connectivity index (χ1v) is 12.9. The maximum absolute atomic E-state index is 13.5. The van der Waals surface area contributed by atoms with E-state index in [9.17, 15) is 41.0 Å². The Kier molecular flexibility index (Phi) is 4.63. The van der Waals surface area contributed by atoms with Gasteiger partial charge in [0.05, 0.1) is 11.3 Å². The Bertz CT molecular complexity index is 1110. The quantitative estimate of drug-likeness (QED) is 0.328. The van der Waals surface area contributed by atoms with Gasteiger partial charge in [0.1, 0.15) is 12.2 Å². The third-order valence-electron chi connectivity index (χ3n) is 10.8. The highest BCUT2D eigenvalue weighted by molar-refractivity contribution is 5.86. The van der Waals surface area contributed by atoms with Crippen LogP contribution >= 0.6 is 0 Å². The molecule has 7 aliphatic rings. The standard InChI is InChI=1S/C26H26F6O5/c27-25(28,29)24(35,26(30,31)32)17-7-12-5-13(17)6-16(12)23-9-14-8-18(23)20(37-22(23)34)19(14)36-21(33)15-4-10-1-2-11(15)3-10/h1-2,6,10-15,17-20,35H,3-5,7-9H2. The molecule has 0 radical (unpaired) electrons. The molecular formula is C26H26F6O5. The second-order valence-electron chi connectivity index (χ2n) is 12.3. The molecule has 0 aromatic rings. The molecule has 6 bridgehead atoms. The molecule has 11 unspecified atom stereocenters. The molecule has 0 spiro atoms. The summed E-state index contributed by atoms with van der Waals surface area (Å²) in [5.74, 6) is -4.82. The summed E-state index contributed by atoms with van der Waals surface area (Å²) < 4.78 is 92.7. The zero-order valence-electron chi connectivity index (χ0n) is 19.6. The minimum atomic E-state index is -5.87. The number of ether oxygens (including phenoxy) is 2. The Morgan fingerprint density at radius 1 is 1.00 bits per heavy atom. The van der Waals surface area contributed by atoms with Crippen molar-refractivity contribution in [1.29, 1.82) is 0 Å². The van der Waals surface area contributed by atoms with E-state index in [1.165, 1.54) is 6.08 Å². The molecule has 4 saturated carbocycles. The van der Waals surface area contributed by atoms with Gasteiger partial charge < -0.3 is 14.6 Å². The minimum Gasteiger partial charge on any atom is -0.458 e. The van der Waals surface area contributed by atoms with Crippen molar-refractivity contribution in [3.8, 4) is 0 Å². The molecule has 202 valence electrons. The molecule has 1 saturated heterocycles. The fourth-order valence-corrected chi connectivity index (χ4v) is 9.29. The highest BCUT2D eigenvalue weighted by Crippen LogP contribution is 2.70. The van der Waals surface area contributed by atoms with Crippen molar-refractivity contribution in [3.05, 3.63) is 23.8 Å². The van der Waals surface area contributed by atoms with Gasteiger partial charge in [0, 0.05) is 17.8 Å². The zero-order chi connectivity index (χ0) is 26.3. The lowest BCUT2D eigenvalue weighted by molar-refractivity contribution is -0.387. The lowest BCUT2D eigenvalue weighted by Gasteiger charge is -2.42. The van der Waals surface area contributed by atoms with Crippen molar-refractivity contribution in [2.75, 3.05) is 0 Å². The van der Waals surface area contributed by atoms with Gasteiger partial charge in [-0.05, 0) is 62.2 Å². The Hall–Kier alpha value is -2.04. The summed E-state index contributed by atoms with van der Waals surface area (Å²) in [4.78, 5) is 26.2. The van der Waals surface area contributed by atoms with Gasteiger partial charge in [-0.25, -0.2) is 0 Å². The number of allylic oxidation sites excluding steroid dienone is 3. The van der Waals surface area contributed by atoms with Crippen LogP contribution in [0.25, 0.3) is 0 Å². The molecular weight excluding hydrogens is 506 g/mol. The number of alkyl halides is 6. The van der Waals surface area contributed by atoms with Gasteiger partial charge in [-0.15, -0.1) is 0 Å². The Morgan fingerprint density at radius 3 is 2.30 bits per heavy atom. The first kappa shape index (κ1) is 24.0. The number of hydrogen-bond donors (Lipinski definition) is 1. The van der Waals surface area contributed by atoms with E-state index in [2.05, 4.69) is 12.2 Å². The fraction of sp³-hybridized carbons (Fsp3) is 0.769. The summed E-state index contributed by atoms with van der Waals surface area (Å²) in [5, 5.41) is 9.97. The maximum Gasteiger partial charge on any atom is 0.426 e. The average molecular weight is 532 g/mol. The summed E-state index contributed by atoms with van der Waals surface area (Å²) >= 11 is 0. The molecule has 0 amide bonds. The third kappa shape index (κ3) is 2.87. The lowest BCUT2D eigenvalue weighted by Crippen LogP contribution is -2.62. The molecule has 1 aliphatic heterocycles. The summed E-state index contributed by atoms with van der Waals surface area (Å²) in [5.41, 5.74) is -5.34. The molecule has 1 heterocycles. The van der Waals surface area contributed by atoms with Crippen molar-refractivity contribution >= 4 is 11.9 Å². The van der Waals surface area contributed by atoms with Crippen molar-refractivity contribution in [2.24, 2.45) is 52.8 Å². The molecule has 6 aliphatic carbocycles. The van der Waals surface area contributed by atoms with Gasteiger partial charge in [0.2, 0.25) is 0 Å². The van der Waals surface area contributed by atoms with E-state index in [0.29, 0.717) is 24.3 Å². The Morgan fingerprint density at radius 2 is 1.73 bits per heavy atom. The largest absolute Gasteiger partial charge is 0.458 e. The SMILES string of the molecule is O=C(OC1C2CC3C1OC(=O)C3(C1=CC3CC1CC3C(O)(C(F)(F)F)C(F)(F)F)C2)C1CC2C=CC1C2. The van der Waals surface area contributed by atoms with E-state index in [-0.39, 0.29) is 36.1 Å². The van der Waals surface area contributed by atoms with Gasteiger partial charge >= 0.3 is 24.3 Å². The number of carbonyl (C=O) groups excluding carboxylic acids is 2. The highest BCUT2D eigenvalue weighted by atomic mass is 19.4. The number of esters is 2. The van der Waals surface area contributed by atoms with Crippen LogP contribution in [0.15, 0.2) is 23.8 Å². The predicted molar refractivity (Wildman–Crippen MR) is 112 cm³/mol. The fourth-order valence-electron chi connectivity index (χ4n) is 9.29. The van der Waals surface area contributed by atoms with Crippen molar-refractivity contribution in [2.45, 2.75) is 68.7 Å². The van der Waals surface area contributed by atoms with E-state index < -0.39 is 65.7 Å². The summed E-state index contributed by atoms with van der Waals surface area (Å²) in [6, 6.07) is 0. The average Bonchev–Trinajstić information content (AvgIpc) is 3.64. The van der Waals surface area contributed by atoms with E-state index in [1.807, 2.05) is 0 Å². The predicted octanol–water partition coefficient (Wildman–Crippen LogP) is 4.50. The smallest absolute Gasteiger partial charge is 0.426 e. The van der Waals surface area contributed by atoms with Crippen LogP contribution in [0.2, 0.25) is 0 Å². The molecule has 5 fully saturated rings. The molecule has 1 N–H and O–H groups in total.